The van der Waals surface area contributed by atoms with Crippen molar-refractivity contribution < 1.29 is 4.79 Å². The summed E-state index contributed by atoms with van der Waals surface area (Å²) >= 11 is 11.6. The molecule has 0 unspecified atom stereocenters. The Balaban J connectivity index is 1.99. The van der Waals surface area contributed by atoms with E-state index in [1.807, 2.05) is 0 Å². The zero-order chi connectivity index (χ0) is 15.7. The van der Waals surface area contributed by atoms with Gasteiger partial charge >= 0.3 is 0 Å². The lowest BCUT2D eigenvalue weighted by molar-refractivity contribution is 0.100. The molecule has 0 aliphatic rings. The molecule has 0 spiro atoms. The molecule has 0 atom stereocenters. The maximum Gasteiger partial charge on any atom is 0.290 e. The van der Waals surface area contributed by atoms with Crippen LogP contribution in [0.3, 0.4) is 0 Å². The number of hydrogen-bond acceptors (Lipinski definition) is 4. The number of aromatic nitrogens is 3. The van der Waals surface area contributed by atoms with E-state index in [9.17, 15) is 9.59 Å². The van der Waals surface area contributed by atoms with Crippen LogP contribution in [0.2, 0.25) is 10.2 Å². The average Bonchev–Trinajstić information content (AvgIpc) is 2.52. The van der Waals surface area contributed by atoms with E-state index in [2.05, 4.69) is 15.4 Å². The van der Waals surface area contributed by atoms with E-state index >= 15 is 0 Å². The maximum atomic E-state index is 12.3. The number of para-hydroxylation sites is 1. The maximum absolute atomic E-state index is 12.3. The van der Waals surface area contributed by atoms with Crippen LogP contribution in [-0.2, 0) is 0 Å². The number of pyridine rings is 1. The van der Waals surface area contributed by atoms with E-state index in [1.165, 1.54) is 18.5 Å². The Morgan fingerprint density at radius 2 is 1.91 bits per heavy atom. The third-order valence-corrected chi connectivity index (χ3v) is 3.43. The molecule has 3 rings (SSSR count). The van der Waals surface area contributed by atoms with Gasteiger partial charge < -0.3 is 0 Å². The van der Waals surface area contributed by atoms with Gasteiger partial charge in [-0.05, 0) is 24.3 Å². The van der Waals surface area contributed by atoms with Crippen LogP contribution in [0.25, 0.3) is 10.9 Å². The number of halogens is 2. The summed E-state index contributed by atoms with van der Waals surface area (Å²) in [6, 6.07) is 9.73. The standard InChI is InChI=1S/C14H8Cl2N4O2/c15-9-5-6-11(16)18-12(9)13(21)19-20-7-17-10-4-2-1-3-8(10)14(20)22/h1-7H,(H,19,21). The molecule has 1 amide bonds. The summed E-state index contributed by atoms with van der Waals surface area (Å²) in [5, 5.41) is 0.637. The Morgan fingerprint density at radius 1 is 1.14 bits per heavy atom. The summed E-state index contributed by atoms with van der Waals surface area (Å²) in [4.78, 5) is 32.4. The molecule has 0 saturated heterocycles. The Bertz CT molecular complexity index is 940. The quantitative estimate of drug-likeness (QED) is 0.730. The lowest BCUT2D eigenvalue weighted by atomic mass is 10.2. The molecule has 110 valence electrons. The number of hydrogen-bond donors (Lipinski definition) is 1. The van der Waals surface area contributed by atoms with Crippen LogP contribution in [0, 0.1) is 0 Å². The van der Waals surface area contributed by atoms with Crippen molar-refractivity contribution in [3.05, 3.63) is 68.9 Å². The number of fused-ring (bicyclic) bond motifs is 1. The molecule has 1 N–H and O–H groups in total. The second-order valence-corrected chi connectivity index (χ2v) is 5.14. The minimum Gasteiger partial charge on any atom is -0.267 e. The van der Waals surface area contributed by atoms with Crippen LogP contribution in [0.1, 0.15) is 10.5 Å². The number of nitrogens with zero attached hydrogens (tertiary/aromatic N) is 3. The summed E-state index contributed by atoms with van der Waals surface area (Å²) in [5.41, 5.74) is 2.44. The van der Waals surface area contributed by atoms with E-state index in [0.717, 1.165) is 4.68 Å². The third kappa shape index (κ3) is 2.66. The summed E-state index contributed by atoms with van der Waals surface area (Å²) in [6.07, 6.45) is 1.22. The van der Waals surface area contributed by atoms with Crippen molar-refractivity contribution in [1.82, 2.24) is 14.6 Å². The zero-order valence-electron chi connectivity index (χ0n) is 11.0. The van der Waals surface area contributed by atoms with Crippen LogP contribution < -0.4 is 11.0 Å². The first kappa shape index (κ1) is 14.5. The Kier molecular flexibility index (Phi) is 3.79. The van der Waals surface area contributed by atoms with Gasteiger partial charge in [0, 0.05) is 0 Å². The normalized spacial score (nSPS) is 10.6. The second kappa shape index (κ2) is 5.75. The van der Waals surface area contributed by atoms with Gasteiger partial charge in [0.2, 0.25) is 0 Å². The molecule has 0 bridgehead atoms. The molecule has 0 aliphatic heterocycles. The predicted molar refractivity (Wildman–Crippen MR) is 84.0 cm³/mol. The van der Waals surface area contributed by atoms with E-state index < -0.39 is 11.5 Å². The number of benzene rings is 1. The highest BCUT2D eigenvalue weighted by molar-refractivity contribution is 6.35. The molecule has 0 radical (unpaired) electrons. The first-order valence-electron chi connectivity index (χ1n) is 6.16. The monoisotopic (exact) mass is 334 g/mol. The SMILES string of the molecule is O=C(Nn1cnc2ccccc2c1=O)c1nc(Cl)ccc1Cl. The topological polar surface area (TPSA) is 76.9 Å². The summed E-state index contributed by atoms with van der Waals surface area (Å²) in [6.45, 7) is 0. The van der Waals surface area contributed by atoms with Crippen LogP contribution >= 0.6 is 23.2 Å². The molecule has 2 aromatic heterocycles. The smallest absolute Gasteiger partial charge is 0.267 e. The highest BCUT2D eigenvalue weighted by Gasteiger charge is 2.14. The number of carbonyl (C=O) groups is 1. The molecule has 6 nitrogen and oxygen atoms in total. The lowest BCUT2D eigenvalue weighted by Gasteiger charge is -2.09. The van der Waals surface area contributed by atoms with E-state index in [1.54, 1.807) is 24.3 Å². The molecule has 0 saturated carbocycles. The van der Waals surface area contributed by atoms with Crippen molar-refractivity contribution in [1.29, 1.82) is 0 Å². The van der Waals surface area contributed by atoms with Crippen LogP contribution in [0.4, 0.5) is 0 Å². The summed E-state index contributed by atoms with van der Waals surface area (Å²) in [5.74, 6) is -0.660. The fourth-order valence-corrected chi connectivity index (χ4v) is 2.23. The minimum atomic E-state index is -0.660. The first-order chi connectivity index (χ1) is 10.6. The van der Waals surface area contributed by atoms with Crippen molar-refractivity contribution in [2.24, 2.45) is 0 Å². The Labute approximate surface area is 134 Å². The zero-order valence-corrected chi connectivity index (χ0v) is 12.5. The average molecular weight is 335 g/mol. The molecule has 8 heteroatoms. The Hall–Kier alpha value is -2.44. The van der Waals surface area contributed by atoms with Gasteiger partial charge in [-0.15, -0.1) is 0 Å². The number of amides is 1. The van der Waals surface area contributed by atoms with Gasteiger partial charge in [0.1, 0.15) is 17.2 Å². The minimum absolute atomic E-state index is 0.0748. The second-order valence-electron chi connectivity index (χ2n) is 4.34. The highest BCUT2D eigenvalue weighted by Crippen LogP contribution is 2.16. The largest absolute Gasteiger partial charge is 0.290 e. The van der Waals surface area contributed by atoms with Gasteiger partial charge in [0.25, 0.3) is 11.5 Å². The molecule has 22 heavy (non-hydrogen) atoms. The first-order valence-corrected chi connectivity index (χ1v) is 6.91. The summed E-state index contributed by atoms with van der Waals surface area (Å²) < 4.78 is 0.976. The predicted octanol–water partition coefficient (Wildman–Crippen LogP) is 2.48. The van der Waals surface area contributed by atoms with E-state index in [4.69, 9.17) is 23.2 Å². The van der Waals surface area contributed by atoms with Gasteiger partial charge in [-0.1, -0.05) is 35.3 Å². The van der Waals surface area contributed by atoms with Crippen LogP contribution in [0.15, 0.2) is 47.5 Å². The van der Waals surface area contributed by atoms with Gasteiger partial charge in [0.15, 0.2) is 0 Å². The molecule has 3 aromatic rings. The number of carbonyl (C=O) groups excluding carboxylic acids is 1. The number of rotatable bonds is 2. The van der Waals surface area contributed by atoms with Crippen molar-refractivity contribution in [3.63, 3.8) is 0 Å². The molecule has 1 aromatic carbocycles. The van der Waals surface area contributed by atoms with Crippen LogP contribution in [-0.4, -0.2) is 20.6 Å². The molecule has 0 fully saturated rings. The molecular formula is C14H8Cl2N4O2. The van der Waals surface area contributed by atoms with Gasteiger partial charge in [0.05, 0.1) is 15.9 Å². The fraction of sp³-hybridized carbons (Fsp3) is 0. The van der Waals surface area contributed by atoms with Crippen molar-refractivity contribution >= 4 is 40.0 Å². The summed E-state index contributed by atoms with van der Waals surface area (Å²) in [7, 11) is 0. The van der Waals surface area contributed by atoms with Crippen molar-refractivity contribution in [2.75, 3.05) is 5.43 Å². The molecular weight excluding hydrogens is 327 g/mol. The molecule has 2 heterocycles. The van der Waals surface area contributed by atoms with E-state index in [0.29, 0.717) is 10.9 Å². The van der Waals surface area contributed by atoms with Crippen LogP contribution in [0.5, 0.6) is 0 Å². The van der Waals surface area contributed by atoms with Gasteiger partial charge in [-0.3, -0.25) is 15.0 Å². The lowest BCUT2D eigenvalue weighted by Crippen LogP contribution is -2.33. The van der Waals surface area contributed by atoms with Crippen molar-refractivity contribution in [2.45, 2.75) is 0 Å². The highest BCUT2D eigenvalue weighted by atomic mass is 35.5. The van der Waals surface area contributed by atoms with Gasteiger partial charge in [-0.2, -0.15) is 0 Å². The Morgan fingerprint density at radius 3 is 2.73 bits per heavy atom. The van der Waals surface area contributed by atoms with E-state index in [-0.39, 0.29) is 15.9 Å². The molecule has 0 aliphatic carbocycles. The van der Waals surface area contributed by atoms with Crippen molar-refractivity contribution in [3.8, 4) is 0 Å². The van der Waals surface area contributed by atoms with Gasteiger partial charge in [-0.25, -0.2) is 14.6 Å². The third-order valence-electron chi connectivity index (χ3n) is 2.91. The number of nitrogens with one attached hydrogen (secondary N) is 1. The fourth-order valence-electron chi connectivity index (χ4n) is 1.89.